The molecule has 164 valence electrons. The van der Waals surface area contributed by atoms with E-state index in [2.05, 4.69) is 15.5 Å². The molecule has 8 unspecified atom stereocenters. The highest BCUT2D eigenvalue weighted by atomic mass is 16.5. The Hall–Kier alpha value is -2.09. The minimum Gasteiger partial charge on any atom is -0.373 e. The van der Waals surface area contributed by atoms with Gasteiger partial charge < -0.3 is 10.1 Å². The molecule has 8 aliphatic rings. The van der Waals surface area contributed by atoms with Gasteiger partial charge in [0.05, 0.1) is 30.6 Å². The molecule has 0 radical (unpaired) electrons. The fourth-order valence-electron chi connectivity index (χ4n) is 8.96. The lowest BCUT2D eigenvalue weighted by atomic mass is 9.29. The third-order valence-electron chi connectivity index (χ3n) is 10.1. The number of aliphatic imine (C=N–C) groups is 1. The van der Waals surface area contributed by atoms with Crippen molar-refractivity contribution in [2.45, 2.75) is 82.1 Å². The Bertz CT molecular complexity index is 959. The van der Waals surface area contributed by atoms with Gasteiger partial charge in [-0.3, -0.25) is 4.79 Å². The van der Waals surface area contributed by atoms with Gasteiger partial charge >= 0.3 is 0 Å². The maximum atomic E-state index is 13.7. The number of hydrazone groups is 1. The standard InChI is InChI=1S/C23H29N5O3/c1-2-18(24-5-6-25-30)28-20-16(9-15-3-4-17(20)31-15)19(27-28)21(29)26-23-11-13-7-12-8-14(23)10-22(12,13)23/h5-6,12-17,20H,2-4,7-11H2,1H3,(H,26,29)/b6-5-,24-18?/t12?,13-,14?,15?,16?,17?,20?,22?,23?/m0/s1. The lowest BCUT2D eigenvalue weighted by Crippen LogP contribution is -2.83. The van der Waals surface area contributed by atoms with E-state index in [4.69, 9.17) is 9.84 Å². The lowest BCUT2D eigenvalue weighted by molar-refractivity contribution is -0.256. The summed E-state index contributed by atoms with van der Waals surface area (Å²) < 4.78 is 6.23. The predicted molar refractivity (Wildman–Crippen MR) is 114 cm³/mol. The molecule has 8 nitrogen and oxygen atoms in total. The number of fused-ring (bicyclic) bond motifs is 4. The summed E-state index contributed by atoms with van der Waals surface area (Å²) in [6, 6.07) is 0.00940. The number of amidine groups is 1. The van der Waals surface area contributed by atoms with Crippen LogP contribution in [0.3, 0.4) is 0 Å². The molecular weight excluding hydrogens is 394 g/mol. The Labute approximate surface area is 181 Å². The highest BCUT2D eigenvalue weighted by Gasteiger charge is 2.87. The SMILES string of the molecule is CCC(=N/C=C\N=O)N1N=C(C(=O)NC23C[C@@H]4CC5CC2CC543)C2CC3CCC(O3)C21. The second-order valence-electron chi connectivity index (χ2n) is 10.8. The molecule has 0 aromatic carbocycles. The van der Waals surface area contributed by atoms with Gasteiger partial charge in [0.15, 0.2) is 0 Å². The predicted octanol–water partition coefficient (Wildman–Crippen LogP) is 2.95. The summed E-state index contributed by atoms with van der Waals surface area (Å²) in [6.07, 6.45) is 11.6. The number of carbonyl (C=O) groups excluding carboxylic acids is 1. The van der Waals surface area contributed by atoms with Crippen LogP contribution >= 0.6 is 0 Å². The van der Waals surface area contributed by atoms with Gasteiger partial charge in [-0.15, -0.1) is 4.91 Å². The topological polar surface area (TPSA) is 95.7 Å². The normalized spacial score (nSPS) is 50.2. The van der Waals surface area contributed by atoms with Crippen LogP contribution in [0.15, 0.2) is 27.7 Å². The molecule has 9 atom stereocenters. The van der Waals surface area contributed by atoms with Crippen LogP contribution in [0.1, 0.15) is 58.3 Å². The molecule has 0 aromatic heterocycles. The molecule has 1 spiro atoms. The van der Waals surface area contributed by atoms with E-state index < -0.39 is 0 Å². The van der Waals surface area contributed by atoms with E-state index in [-0.39, 0.29) is 35.6 Å². The van der Waals surface area contributed by atoms with Crippen molar-refractivity contribution in [1.82, 2.24) is 10.3 Å². The zero-order valence-corrected chi connectivity index (χ0v) is 17.9. The van der Waals surface area contributed by atoms with Crippen molar-refractivity contribution in [3.8, 4) is 0 Å². The highest BCUT2D eigenvalue weighted by Crippen LogP contribution is 2.87. The molecule has 2 saturated heterocycles. The van der Waals surface area contributed by atoms with E-state index in [1.807, 2.05) is 11.9 Å². The van der Waals surface area contributed by atoms with Crippen LogP contribution in [0.5, 0.6) is 0 Å². The molecule has 5 saturated carbocycles. The third kappa shape index (κ3) is 2.04. The van der Waals surface area contributed by atoms with Crippen molar-refractivity contribution in [3.63, 3.8) is 0 Å². The highest BCUT2D eigenvalue weighted by molar-refractivity contribution is 6.40. The van der Waals surface area contributed by atoms with Gasteiger partial charge in [-0.25, -0.2) is 10.0 Å². The first kappa shape index (κ1) is 18.5. The van der Waals surface area contributed by atoms with Crippen molar-refractivity contribution in [1.29, 1.82) is 0 Å². The summed E-state index contributed by atoms with van der Waals surface area (Å²) >= 11 is 0. The van der Waals surface area contributed by atoms with Crippen LogP contribution < -0.4 is 5.32 Å². The minimum absolute atomic E-state index is 0.00940. The summed E-state index contributed by atoms with van der Waals surface area (Å²) in [5.41, 5.74) is 1.16. The smallest absolute Gasteiger partial charge is 0.268 e. The number of nitroso groups, excluding NO2 is 1. The second kappa shape index (κ2) is 6.03. The number of hydrogen-bond donors (Lipinski definition) is 1. The molecule has 7 fully saturated rings. The molecule has 8 rings (SSSR count). The maximum absolute atomic E-state index is 13.7. The molecule has 1 N–H and O–H groups in total. The van der Waals surface area contributed by atoms with Gasteiger partial charge in [-0.2, -0.15) is 5.10 Å². The van der Waals surface area contributed by atoms with Gasteiger partial charge in [-0.05, 0) is 73.3 Å². The molecule has 3 aliphatic heterocycles. The first-order valence-electron chi connectivity index (χ1n) is 12.0. The van der Waals surface area contributed by atoms with E-state index >= 15 is 0 Å². The quantitative estimate of drug-likeness (QED) is 0.418. The van der Waals surface area contributed by atoms with Crippen molar-refractivity contribution in [2.75, 3.05) is 0 Å². The van der Waals surface area contributed by atoms with Gasteiger partial charge in [0.25, 0.3) is 5.91 Å². The molecular formula is C23H29N5O3. The van der Waals surface area contributed by atoms with Gasteiger partial charge in [0.2, 0.25) is 0 Å². The van der Waals surface area contributed by atoms with Crippen molar-refractivity contribution >= 4 is 17.5 Å². The average molecular weight is 424 g/mol. The van der Waals surface area contributed by atoms with Crippen molar-refractivity contribution in [2.24, 2.45) is 44.4 Å². The van der Waals surface area contributed by atoms with E-state index in [0.29, 0.717) is 23.5 Å². The number of nitrogens with zero attached hydrogens (tertiary/aromatic N) is 4. The van der Waals surface area contributed by atoms with Gasteiger partial charge in [-0.1, -0.05) is 6.92 Å². The summed E-state index contributed by atoms with van der Waals surface area (Å²) in [7, 11) is 0. The third-order valence-corrected chi connectivity index (χ3v) is 10.1. The minimum atomic E-state index is 0.00940. The number of ether oxygens (including phenoxy) is 1. The number of hydrogen-bond acceptors (Lipinski definition) is 6. The van der Waals surface area contributed by atoms with Crippen LogP contribution in [0.25, 0.3) is 0 Å². The Morgan fingerprint density at radius 1 is 1.23 bits per heavy atom. The van der Waals surface area contributed by atoms with Crippen LogP contribution in [-0.4, -0.2) is 46.3 Å². The second-order valence-corrected chi connectivity index (χ2v) is 10.8. The molecule has 4 bridgehead atoms. The van der Waals surface area contributed by atoms with Gasteiger partial charge in [0.1, 0.15) is 11.5 Å². The number of carbonyl (C=O) groups is 1. The maximum Gasteiger partial charge on any atom is 0.268 e. The monoisotopic (exact) mass is 423 g/mol. The number of nitrogens with one attached hydrogen (secondary N) is 1. The fraction of sp³-hybridized carbons (Fsp3) is 0.783. The molecule has 3 heterocycles. The van der Waals surface area contributed by atoms with E-state index in [1.165, 1.54) is 31.9 Å². The van der Waals surface area contributed by atoms with Crippen LogP contribution in [-0.2, 0) is 9.53 Å². The van der Waals surface area contributed by atoms with Crippen LogP contribution in [0.4, 0.5) is 0 Å². The first-order chi connectivity index (χ1) is 15.1. The van der Waals surface area contributed by atoms with Crippen LogP contribution in [0, 0.1) is 34.0 Å². The molecule has 8 heteroatoms. The van der Waals surface area contributed by atoms with Crippen LogP contribution in [0.2, 0.25) is 0 Å². The zero-order chi connectivity index (χ0) is 21.0. The Kier molecular flexibility index (Phi) is 3.59. The van der Waals surface area contributed by atoms with Gasteiger partial charge in [0, 0.05) is 17.9 Å². The average Bonchev–Trinajstić information content (AvgIpc) is 3.43. The van der Waals surface area contributed by atoms with E-state index in [9.17, 15) is 9.70 Å². The largest absolute Gasteiger partial charge is 0.373 e. The first-order valence-corrected chi connectivity index (χ1v) is 12.0. The van der Waals surface area contributed by atoms with E-state index in [1.54, 1.807) is 0 Å². The number of amides is 1. The molecule has 5 aliphatic carbocycles. The van der Waals surface area contributed by atoms with Crippen molar-refractivity contribution < 1.29 is 9.53 Å². The Morgan fingerprint density at radius 3 is 2.87 bits per heavy atom. The lowest BCUT2D eigenvalue weighted by Gasteiger charge is -2.78. The van der Waals surface area contributed by atoms with E-state index in [0.717, 1.165) is 43.1 Å². The summed E-state index contributed by atoms with van der Waals surface area (Å²) in [5.74, 6) is 3.23. The molecule has 0 aromatic rings. The zero-order valence-electron chi connectivity index (χ0n) is 17.9. The summed E-state index contributed by atoms with van der Waals surface area (Å²) in [6.45, 7) is 2.01. The molecule has 31 heavy (non-hydrogen) atoms. The Balaban J connectivity index is 1.20. The van der Waals surface area contributed by atoms with Crippen molar-refractivity contribution in [3.05, 3.63) is 17.3 Å². The Morgan fingerprint density at radius 2 is 2.10 bits per heavy atom. The fourth-order valence-corrected chi connectivity index (χ4v) is 8.96. The summed E-state index contributed by atoms with van der Waals surface area (Å²) in [4.78, 5) is 28.5. The molecule has 1 amide bonds. The summed E-state index contributed by atoms with van der Waals surface area (Å²) in [5, 5.41) is 13.1. The number of rotatable bonds is 5.